The van der Waals surface area contributed by atoms with Crippen LogP contribution in [0.1, 0.15) is 37.5 Å². The summed E-state index contributed by atoms with van der Waals surface area (Å²) in [5.41, 5.74) is 2.95. The molecule has 3 rings (SSSR count). The zero-order valence-electron chi connectivity index (χ0n) is 21.2. The highest BCUT2D eigenvalue weighted by molar-refractivity contribution is 8.00. The van der Waals surface area contributed by atoms with Crippen LogP contribution in [0.5, 0.6) is 0 Å². The third-order valence-electron chi connectivity index (χ3n) is 6.37. The van der Waals surface area contributed by atoms with Gasteiger partial charge in [-0.15, -0.1) is 11.8 Å². The van der Waals surface area contributed by atoms with Gasteiger partial charge in [0.1, 0.15) is 6.04 Å². The molecule has 36 heavy (non-hydrogen) atoms. The molecule has 1 fully saturated rings. The van der Waals surface area contributed by atoms with Gasteiger partial charge in [-0.1, -0.05) is 60.7 Å². The molecule has 0 bridgehead atoms. The van der Waals surface area contributed by atoms with Crippen molar-refractivity contribution in [1.29, 1.82) is 0 Å². The van der Waals surface area contributed by atoms with Crippen LogP contribution in [0, 0.1) is 6.92 Å². The van der Waals surface area contributed by atoms with Crippen molar-refractivity contribution in [3.05, 3.63) is 83.4 Å². The van der Waals surface area contributed by atoms with Crippen molar-refractivity contribution in [2.75, 3.05) is 5.88 Å². The molecular formula is C28H35N3O4S. The quantitative estimate of drug-likeness (QED) is 0.452. The third kappa shape index (κ3) is 6.77. The molecule has 3 unspecified atom stereocenters. The summed E-state index contributed by atoms with van der Waals surface area (Å²) in [6.07, 6.45) is 1.70. The van der Waals surface area contributed by atoms with Crippen molar-refractivity contribution in [1.82, 2.24) is 15.5 Å². The van der Waals surface area contributed by atoms with E-state index in [0.29, 0.717) is 6.54 Å². The Bertz CT molecular complexity index is 1100. The molecule has 0 aliphatic carbocycles. The number of amides is 3. The first-order valence-corrected chi connectivity index (χ1v) is 13.0. The number of allylic oxidation sites excluding steroid dienone is 1. The number of carbonyl (C=O) groups excluding carboxylic acids is 3. The summed E-state index contributed by atoms with van der Waals surface area (Å²) in [6, 6.07) is 15.5. The van der Waals surface area contributed by atoms with Gasteiger partial charge in [0.05, 0.1) is 11.9 Å². The largest absolute Gasteiger partial charge is 0.381 e. The number of rotatable bonds is 9. The minimum absolute atomic E-state index is 0.269. The Kier molecular flexibility index (Phi) is 9.34. The lowest BCUT2D eigenvalue weighted by atomic mass is 9.97. The molecular weight excluding hydrogens is 474 g/mol. The molecule has 1 aliphatic heterocycles. The van der Waals surface area contributed by atoms with Gasteiger partial charge in [0, 0.05) is 11.3 Å². The van der Waals surface area contributed by atoms with Crippen molar-refractivity contribution >= 4 is 29.5 Å². The molecule has 2 aromatic rings. The average molecular weight is 510 g/mol. The van der Waals surface area contributed by atoms with Gasteiger partial charge in [-0.05, 0) is 56.9 Å². The fraction of sp³-hybridized carbons (Fsp3) is 0.393. The molecule has 0 radical (unpaired) electrons. The lowest BCUT2D eigenvalue weighted by Crippen LogP contribution is -2.58. The number of carbonyl (C=O) groups is 3. The number of aliphatic hydroxyl groups excluding tert-OH is 1. The summed E-state index contributed by atoms with van der Waals surface area (Å²) >= 11 is 1.49. The molecule has 1 saturated heterocycles. The van der Waals surface area contributed by atoms with Crippen molar-refractivity contribution in [3.63, 3.8) is 0 Å². The van der Waals surface area contributed by atoms with E-state index >= 15 is 0 Å². The predicted octanol–water partition coefficient (Wildman–Crippen LogP) is 2.96. The number of aryl methyl sites for hydroxylation is 1. The first-order chi connectivity index (χ1) is 17.1. The number of thioether (sulfide) groups is 1. The minimum Gasteiger partial charge on any atom is -0.381 e. The minimum atomic E-state index is -1.51. The summed E-state index contributed by atoms with van der Waals surface area (Å²) in [6.45, 7) is 7.90. The maximum Gasteiger partial charge on any atom is 0.254 e. The van der Waals surface area contributed by atoms with Crippen molar-refractivity contribution in [2.24, 2.45) is 0 Å². The first kappa shape index (κ1) is 27.5. The second-order valence-electron chi connectivity index (χ2n) is 9.48. The topological polar surface area (TPSA) is 98.7 Å². The number of hydrogen-bond donors (Lipinski definition) is 3. The van der Waals surface area contributed by atoms with Crippen molar-refractivity contribution < 1.29 is 19.5 Å². The van der Waals surface area contributed by atoms with Crippen LogP contribution in [-0.2, 0) is 27.3 Å². The van der Waals surface area contributed by atoms with Gasteiger partial charge in [0.25, 0.3) is 5.91 Å². The number of nitrogens with zero attached hydrogens (tertiary/aromatic N) is 1. The van der Waals surface area contributed by atoms with Crippen LogP contribution in [0.15, 0.2) is 66.7 Å². The summed E-state index contributed by atoms with van der Waals surface area (Å²) < 4.78 is -0.547. The summed E-state index contributed by atoms with van der Waals surface area (Å²) in [7, 11) is 0. The molecule has 7 nitrogen and oxygen atoms in total. The molecule has 1 aliphatic rings. The van der Waals surface area contributed by atoms with E-state index in [-0.39, 0.29) is 18.2 Å². The van der Waals surface area contributed by atoms with Crippen LogP contribution in [0.3, 0.4) is 0 Å². The Hall–Kier alpha value is -3.10. The van der Waals surface area contributed by atoms with E-state index in [0.717, 1.165) is 16.7 Å². The normalized spacial score (nSPS) is 18.6. The standard InChI is InChI=1S/C28H35N3O4S/c1-5-11-23(32)30-22(16-20-13-7-6-8-14-20)24(33)27(35)31-18-36-28(3,4)25(31)26(34)29-17-21-15-10-9-12-19(21)2/h5-15,22,24-25,33H,16-18H2,1-4H3,(H,29,34)(H,30,32)/b11-5+. The zero-order valence-corrected chi connectivity index (χ0v) is 22.0. The fourth-order valence-corrected chi connectivity index (χ4v) is 5.47. The van der Waals surface area contributed by atoms with Gasteiger partial charge in [-0.25, -0.2) is 0 Å². The smallest absolute Gasteiger partial charge is 0.254 e. The Morgan fingerprint density at radius 3 is 2.47 bits per heavy atom. The lowest BCUT2D eigenvalue weighted by Gasteiger charge is -2.33. The molecule has 2 aromatic carbocycles. The molecule has 1 heterocycles. The molecule has 0 spiro atoms. The van der Waals surface area contributed by atoms with Gasteiger partial charge < -0.3 is 20.6 Å². The van der Waals surface area contributed by atoms with Crippen LogP contribution in [-0.4, -0.2) is 56.5 Å². The van der Waals surface area contributed by atoms with Crippen molar-refractivity contribution in [2.45, 2.75) is 63.6 Å². The highest BCUT2D eigenvalue weighted by Crippen LogP contribution is 2.40. The predicted molar refractivity (Wildman–Crippen MR) is 143 cm³/mol. The van der Waals surface area contributed by atoms with Crippen LogP contribution >= 0.6 is 11.8 Å². The molecule has 3 atom stereocenters. The summed E-state index contributed by atoms with van der Waals surface area (Å²) in [5.74, 6) is -0.974. The van der Waals surface area contributed by atoms with Gasteiger partial charge >= 0.3 is 0 Å². The Labute approximate surface area is 217 Å². The third-order valence-corrected chi connectivity index (χ3v) is 7.74. The monoisotopic (exact) mass is 509 g/mol. The maximum atomic E-state index is 13.6. The molecule has 0 aromatic heterocycles. The Balaban J connectivity index is 1.78. The Morgan fingerprint density at radius 1 is 1.14 bits per heavy atom. The first-order valence-electron chi connectivity index (χ1n) is 12.1. The second-order valence-corrected chi connectivity index (χ2v) is 11.1. The number of aliphatic hydroxyl groups is 1. The maximum absolute atomic E-state index is 13.6. The number of nitrogens with one attached hydrogen (secondary N) is 2. The van der Waals surface area contributed by atoms with Crippen LogP contribution < -0.4 is 10.6 Å². The summed E-state index contributed by atoms with van der Waals surface area (Å²) in [4.78, 5) is 40.6. The van der Waals surface area contributed by atoms with E-state index in [1.54, 1.807) is 13.0 Å². The Morgan fingerprint density at radius 2 is 1.81 bits per heavy atom. The van der Waals surface area contributed by atoms with Gasteiger partial charge in [0.2, 0.25) is 11.8 Å². The highest BCUT2D eigenvalue weighted by atomic mass is 32.2. The van der Waals surface area contributed by atoms with Crippen LogP contribution in [0.2, 0.25) is 0 Å². The van der Waals surface area contributed by atoms with E-state index < -0.39 is 34.7 Å². The molecule has 3 N–H and O–H groups in total. The SMILES string of the molecule is C/C=C/C(=O)NC(Cc1ccccc1)C(O)C(=O)N1CSC(C)(C)C1C(=O)NCc1ccccc1C. The summed E-state index contributed by atoms with van der Waals surface area (Å²) in [5, 5.41) is 16.9. The van der Waals surface area contributed by atoms with Crippen molar-refractivity contribution in [3.8, 4) is 0 Å². The number of hydrogen-bond acceptors (Lipinski definition) is 5. The molecule has 0 saturated carbocycles. The molecule has 8 heteroatoms. The van der Waals surface area contributed by atoms with Crippen LogP contribution in [0.25, 0.3) is 0 Å². The zero-order chi connectivity index (χ0) is 26.3. The fourth-order valence-electron chi connectivity index (χ4n) is 4.33. The van der Waals surface area contributed by atoms with Gasteiger partial charge in [0.15, 0.2) is 6.10 Å². The van der Waals surface area contributed by atoms with Gasteiger partial charge in [-0.2, -0.15) is 0 Å². The van der Waals surface area contributed by atoms with E-state index in [2.05, 4.69) is 10.6 Å². The van der Waals surface area contributed by atoms with Gasteiger partial charge in [-0.3, -0.25) is 14.4 Å². The number of benzene rings is 2. The molecule has 3 amide bonds. The van der Waals surface area contributed by atoms with Crippen LogP contribution in [0.4, 0.5) is 0 Å². The average Bonchev–Trinajstić information content (AvgIpc) is 3.17. The van der Waals surface area contributed by atoms with E-state index in [1.165, 1.54) is 22.7 Å². The second kappa shape index (κ2) is 12.2. The van der Waals surface area contributed by atoms with E-state index in [4.69, 9.17) is 0 Å². The highest BCUT2D eigenvalue weighted by Gasteiger charge is 2.49. The molecule has 192 valence electrons. The lowest BCUT2D eigenvalue weighted by molar-refractivity contribution is -0.147. The van der Waals surface area contributed by atoms with E-state index in [1.807, 2.05) is 75.4 Å². The van der Waals surface area contributed by atoms with E-state index in [9.17, 15) is 19.5 Å².